The first-order chi connectivity index (χ1) is 8.63. The highest BCUT2D eigenvalue weighted by Gasteiger charge is 2.02. The van der Waals surface area contributed by atoms with Crippen molar-refractivity contribution in [2.24, 2.45) is 0 Å². The van der Waals surface area contributed by atoms with Gasteiger partial charge in [0.05, 0.1) is 6.20 Å². The Morgan fingerprint density at radius 3 is 2.83 bits per heavy atom. The number of hydrogen-bond donors (Lipinski definition) is 2. The largest absolute Gasteiger partial charge is 0.351 e. The first-order valence-electron chi connectivity index (χ1n) is 5.62. The van der Waals surface area contributed by atoms with Crippen molar-refractivity contribution in [1.29, 1.82) is 0 Å². The fourth-order valence-electron chi connectivity index (χ4n) is 1.40. The third-order valence-corrected chi connectivity index (χ3v) is 2.07. The predicted octanol–water partition coefficient (Wildman–Crippen LogP) is 2.57. The highest BCUT2D eigenvalue weighted by molar-refractivity contribution is 5.55. The van der Waals surface area contributed by atoms with Crippen molar-refractivity contribution >= 4 is 17.5 Å². The topological polar surface area (TPSA) is 62.7 Å². The number of benzene rings is 1. The smallest absolute Gasteiger partial charge is 0.244 e. The molecule has 2 aromatic rings. The van der Waals surface area contributed by atoms with Crippen LogP contribution in [0, 0.1) is 5.82 Å². The average molecular weight is 247 g/mol. The van der Waals surface area contributed by atoms with Gasteiger partial charge in [-0.3, -0.25) is 0 Å². The Kier molecular flexibility index (Phi) is 3.66. The molecule has 2 N–H and O–H groups in total. The Balaban J connectivity index is 2.14. The summed E-state index contributed by atoms with van der Waals surface area (Å²) in [5.74, 6) is 0.646. The molecule has 6 heteroatoms. The molecule has 0 saturated carbocycles. The molecule has 0 aliphatic heterocycles. The normalized spacial score (nSPS) is 10.4. The minimum atomic E-state index is -0.303. The molecular weight excluding hydrogens is 233 g/mol. The van der Waals surface area contributed by atoms with Crippen LogP contribution < -0.4 is 10.6 Å². The molecule has 1 heterocycles. The van der Waals surface area contributed by atoms with Crippen molar-refractivity contribution in [2.75, 3.05) is 10.6 Å². The maximum atomic E-state index is 13.0. The molecule has 0 amide bonds. The molecule has 0 bridgehead atoms. The van der Waals surface area contributed by atoms with E-state index >= 15 is 0 Å². The summed E-state index contributed by atoms with van der Waals surface area (Å²) >= 11 is 0. The fraction of sp³-hybridized carbons (Fsp3) is 0.250. The standard InChI is InChI=1S/C12H14FN5/c1-8(2)15-12-17-11(7-14-18-12)16-10-5-3-4-9(13)6-10/h3-8H,1-2H3,(H2,15,16,17,18). The van der Waals surface area contributed by atoms with E-state index in [2.05, 4.69) is 25.8 Å². The minimum Gasteiger partial charge on any atom is -0.351 e. The zero-order chi connectivity index (χ0) is 13.0. The minimum absolute atomic E-state index is 0.219. The van der Waals surface area contributed by atoms with Crippen LogP contribution in [-0.4, -0.2) is 21.2 Å². The first-order valence-corrected chi connectivity index (χ1v) is 5.62. The van der Waals surface area contributed by atoms with Crippen LogP contribution in [0.2, 0.25) is 0 Å². The summed E-state index contributed by atoms with van der Waals surface area (Å²) in [7, 11) is 0. The van der Waals surface area contributed by atoms with Gasteiger partial charge in [0.25, 0.3) is 0 Å². The molecule has 0 spiro atoms. The van der Waals surface area contributed by atoms with Gasteiger partial charge < -0.3 is 10.6 Å². The molecule has 0 radical (unpaired) electrons. The third kappa shape index (κ3) is 3.38. The molecule has 18 heavy (non-hydrogen) atoms. The van der Waals surface area contributed by atoms with Crippen LogP contribution >= 0.6 is 0 Å². The third-order valence-electron chi connectivity index (χ3n) is 2.07. The van der Waals surface area contributed by atoms with Crippen molar-refractivity contribution in [2.45, 2.75) is 19.9 Å². The molecule has 0 saturated heterocycles. The molecule has 0 unspecified atom stereocenters. The second kappa shape index (κ2) is 5.39. The number of nitrogens with one attached hydrogen (secondary N) is 2. The summed E-state index contributed by atoms with van der Waals surface area (Å²) in [5.41, 5.74) is 0.617. The Morgan fingerprint density at radius 2 is 2.11 bits per heavy atom. The molecule has 1 aromatic carbocycles. The number of rotatable bonds is 4. The summed E-state index contributed by atoms with van der Waals surface area (Å²) in [6, 6.07) is 6.36. The van der Waals surface area contributed by atoms with E-state index in [0.717, 1.165) is 0 Å². The van der Waals surface area contributed by atoms with Crippen molar-refractivity contribution in [3.8, 4) is 0 Å². The second-order valence-corrected chi connectivity index (χ2v) is 4.10. The molecule has 5 nitrogen and oxygen atoms in total. The highest BCUT2D eigenvalue weighted by Crippen LogP contribution is 2.15. The molecule has 94 valence electrons. The van der Waals surface area contributed by atoms with Gasteiger partial charge in [-0.2, -0.15) is 10.1 Å². The Morgan fingerprint density at radius 1 is 1.28 bits per heavy atom. The monoisotopic (exact) mass is 247 g/mol. The van der Waals surface area contributed by atoms with Gasteiger partial charge in [-0.25, -0.2) is 4.39 Å². The van der Waals surface area contributed by atoms with Crippen LogP contribution in [0.5, 0.6) is 0 Å². The van der Waals surface area contributed by atoms with Crippen molar-refractivity contribution in [3.63, 3.8) is 0 Å². The van der Waals surface area contributed by atoms with E-state index in [4.69, 9.17) is 0 Å². The Labute approximate surface area is 104 Å². The zero-order valence-corrected chi connectivity index (χ0v) is 10.2. The molecule has 2 rings (SSSR count). The molecule has 0 aliphatic rings. The lowest BCUT2D eigenvalue weighted by molar-refractivity contribution is 0.628. The molecule has 1 aromatic heterocycles. The van der Waals surface area contributed by atoms with E-state index < -0.39 is 0 Å². The molecule has 0 atom stereocenters. The van der Waals surface area contributed by atoms with Gasteiger partial charge in [0.15, 0.2) is 5.82 Å². The highest BCUT2D eigenvalue weighted by atomic mass is 19.1. The van der Waals surface area contributed by atoms with Gasteiger partial charge in [-0.1, -0.05) is 6.07 Å². The maximum Gasteiger partial charge on any atom is 0.244 e. The summed E-state index contributed by atoms with van der Waals surface area (Å²) < 4.78 is 13.0. The molecular formula is C12H14FN5. The van der Waals surface area contributed by atoms with Crippen molar-refractivity contribution < 1.29 is 4.39 Å². The van der Waals surface area contributed by atoms with Crippen LogP contribution in [0.25, 0.3) is 0 Å². The molecule has 0 aliphatic carbocycles. The van der Waals surface area contributed by atoms with Gasteiger partial charge in [-0.05, 0) is 32.0 Å². The van der Waals surface area contributed by atoms with E-state index in [1.165, 1.54) is 18.3 Å². The van der Waals surface area contributed by atoms with E-state index in [1.807, 2.05) is 13.8 Å². The van der Waals surface area contributed by atoms with Crippen molar-refractivity contribution in [3.05, 3.63) is 36.3 Å². The predicted molar refractivity (Wildman–Crippen MR) is 68.3 cm³/mol. The van der Waals surface area contributed by atoms with E-state index in [0.29, 0.717) is 17.5 Å². The van der Waals surface area contributed by atoms with E-state index in [9.17, 15) is 4.39 Å². The summed E-state index contributed by atoms with van der Waals surface area (Å²) in [4.78, 5) is 4.22. The van der Waals surface area contributed by atoms with Gasteiger partial charge in [0.2, 0.25) is 5.95 Å². The van der Waals surface area contributed by atoms with Crippen LogP contribution in [0.4, 0.5) is 21.8 Å². The van der Waals surface area contributed by atoms with Gasteiger partial charge in [0, 0.05) is 11.7 Å². The van der Waals surface area contributed by atoms with Crippen LogP contribution in [0.1, 0.15) is 13.8 Å². The quantitative estimate of drug-likeness (QED) is 0.869. The lowest BCUT2D eigenvalue weighted by Crippen LogP contribution is -2.13. The molecule has 0 fully saturated rings. The number of nitrogens with zero attached hydrogens (tertiary/aromatic N) is 3. The van der Waals surface area contributed by atoms with Crippen LogP contribution in [-0.2, 0) is 0 Å². The number of halogens is 1. The van der Waals surface area contributed by atoms with Gasteiger partial charge >= 0.3 is 0 Å². The number of hydrogen-bond acceptors (Lipinski definition) is 5. The number of anilines is 3. The SMILES string of the molecule is CC(C)Nc1nncc(Nc2cccc(F)c2)n1. The summed E-state index contributed by atoms with van der Waals surface area (Å²) in [6.07, 6.45) is 1.48. The number of aromatic nitrogens is 3. The Hall–Kier alpha value is -2.24. The van der Waals surface area contributed by atoms with Crippen LogP contribution in [0.3, 0.4) is 0 Å². The van der Waals surface area contributed by atoms with E-state index in [1.54, 1.807) is 12.1 Å². The Bertz CT molecular complexity index is 529. The van der Waals surface area contributed by atoms with E-state index in [-0.39, 0.29) is 11.9 Å². The van der Waals surface area contributed by atoms with Gasteiger partial charge in [-0.15, -0.1) is 5.10 Å². The van der Waals surface area contributed by atoms with Crippen LogP contribution in [0.15, 0.2) is 30.5 Å². The van der Waals surface area contributed by atoms with Crippen molar-refractivity contribution in [1.82, 2.24) is 15.2 Å². The average Bonchev–Trinajstić information content (AvgIpc) is 2.28. The second-order valence-electron chi connectivity index (χ2n) is 4.10. The summed E-state index contributed by atoms with van der Waals surface area (Å²) in [5, 5.41) is 13.7. The summed E-state index contributed by atoms with van der Waals surface area (Å²) in [6.45, 7) is 3.96. The lowest BCUT2D eigenvalue weighted by Gasteiger charge is -2.09. The fourth-order valence-corrected chi connectivity index (χ4v) is 1.40. The zero-order valence-electron chi connectivity index (χ0n) is 10.2. The maximum absolute atomic E-state index is 13.0. The first kappa shape index (κ1) is 12.2. The lowest BCUT2D eigenvalue weighted by atomic mass is 10.3. The van der Waals surface area contributed by atoms with Gasteiger partial charge in [0.1, 0.15) is 5.82 Å².